The van der Waals surface area contributed by atoms with Gasteiger partial charge in [0.15, 0.2) is 22.1 Å². The van der Waals surface area contributed by atoms with Crippen molar-refractivity contribution in [3.63, 3.8) is 0 Å². The van der Waals surface area contributed by atoms with E-state index in [-0.39, 0.29) is 11.8 Å². The number of aliphatic carboxylic acids is 1. The Morgan fingerprint density at radius 1 is 1.42 bits per heavy atom. The molecule has 0 aromatic carbocycles. The van der Waals surface area contributed by atoms with Crippen LogP contribution in [0.3, 0.4) is 0 Å². The molecule has 24 heavy (non-hydrogen) atoms. The number of nitrogens with zero attached hydrogens (tertiary/aromatic N) is 6. The van der Waals surface area contributed by atoms with Crippen LogP contribution in [0.25, 0.3) is 11.2 Å². The second-order valence-corrected chi connectivity index (χ2v) is 6.43. The molecular weight excluding hydrogens is 330 g/mol. The number of anilines is 2. The Balaban J connectivity index is 2.05. The zero-order chi connectivity index (χ0) is 17.3. The molecule has 0 saturated heterocycles. The molecule has 0 saturated carbocycles. The molecule has 0 bridgehead atoms. The van der Waals surface area contributed by atoms with Crippen LogP contribution in [0.2, 0.25) is 0 Å². The van der Waals surface area contributed by atoms with Crippen molar-refractivity contribution in [2.45, 2.75) is 25.0 Å². The summed E-state index contributed by atoms with van der Waals surface area (Å²) in [5.41, 5.74) is 2.07. The first-order chi connectivity index (χ1) is 11.4. The lowest BCUT2D eigenvalue weighted by molar-refractivity contribution is -0.133. The second kappa shape index (κ2) is 6.48. The minimum Gasteiger partial charge on any atom is -0.481 e. The molecular formula is C14H17N7O2S. The number of imidazole rings is 1. The maximum absolute atomic E-state index is 10.8. The molecule has 0 aliphatic heterocycles. The van der Waals surface area contributed by atoms with Crippen molar-refractivity contribution >= 4 is 40.4 Å². The summed E-state index contributed by atoms with van der Waals surface area (Å²) in [5.74, 6) is -0.490. The van der Waals surface area contributed by atoms with Crippen LogP contribution >= 0.6 is 11.8 Å². The quantitative estimate of drug-likeness (QED) is 0.515. The molecule has 0 atom stereocenters. The molecule has 0 radical (unpaired) electrons. The Morgan fingerprint density at radius 3 is 2.83 bits per heavy atom. The first-order valence-electron chi connectivity index (χ1n) is 7.29. The largest absolute Gasteiger partial charge is 0.481 e. The summed E-state index contributed by atoms with van der Waals surface area (Å²) < 4.78 is 3.60. The average Bonchev–Trinajstić information content (AvgIpc) is 3.11. The molecule has 9 nitrogen and oxygen atoms in total. The van der Waals surface area contributed by atoms with Gasteiger partial charge in [-0.1, -0.05) is 11.8 Å². The number of carboxylic acids is 1. The minimum absolute atomic E-state index is 0.104. The Hall–Kier alpha value is -2.62. The molecule has 0 spiro atoms. The molecule has 2 N–H and O–H groups in total. The number of rotatable bonds is 6. The van der Waals surface area contributed by atoms with Gasteiger partial charge < -0.3 is 15.0 Å². The second-order valence-electron chi connectivity index (χ2n) is 5.48. The zero-order valence-electron chi connectivity index (χ0n) is 13.5. The molecule has 10 heteroatoms. The summed E-state index contributed by atoms with van der Waals surface area (Å²) in [5, 5.41) is 16.6. The van der Waals surface area contributed by atoms with Crippen LogP contribution < -0.4 is 5.32 Å². The average molecular weight is 347 g/mol. The minimum atomic E-state index is -0.914. The summed E-state index contributed by atoms with van der Waals surface area (Å²) in [7, 11) is 1.82. The van der Waals surface area contributed by atoms with E-state index >= 15 is 0 Å². The van der Waals surface area contributed by atoms with Crippen molar-refractivity contribution in [1.29, 1.82) is 0 Å². The van der Waals surface area contributed by atoms with E-state index in [9.17, 15) is 4.79 Å². The van der Waals surface area contributed by atoms with E-state index in [4.69, 9.17) is 5.11 Å². The van der Waals surface area contributed by atoms with Gasteiger partial charge in [-0.2, -0.15) is 5.10 Å². The predicted molar refractivity (Wildman–Crippen MR) is 90.6 cm³/mol. The maximum atomic E-state index is 10.8. The van der Waals surface area contributed by atoms with Crippen LogP contribution in [-0.4, -0.2) is 46.1 Å². The first-order valence-corrected chi connectivity index (χ1v) is 8.27. The molecule has 3 heterocycles. The highest BCUT2D eigenvalue weighted by Crippen LogP contribution is 2.27. The number of carbonyl (C=O) groups is 1. The third kappa shape index (κ3) is 3.32. The fourth-order valence-electron chi connectivity index (χ4n) is 2.17. The predicted octanol–water partition coefficient (Wildman–Crippen LogP) is 2.06. The Bertz CT molecular complexity index is 887. The fourth-order valence-corrected chi connectivity index (χ4v) is 2.73. The topological polar surface area (TPSA) is 111 Å². The van der Waals surface area contributed by atoms with Crippen molar-refractivity contribution in [3.05, 3.63) is 18.7 Å². The Labute approximate surface area is 142 Å². The van der Waals surface area contributed by atoms with E-state index in [0.717, 1.165) is 17.4 Å². The van der Waals surface area contributed by atoms with Gasteiger partial charge in [0.25, 0.3) is 0 Å². The van der Waals surface area contributed by atoms with Crippen molar-refractivity contribution in [1.82, 2.24) is 29.3 Å². The number of carboxylic acid groups (broad SMARTS) is 1. The molecule has 0 unspecified atom stereocenters. The van der Waals surface area contributed by atoms with Crippen LogP contribution in [0.5, 0.6) is 0 Å². The van der Waals surface area contributed by atoms with Crippen LogP contribution in [0.15, 0.2) is 23.9 Å². The molecule has 3 aromatic heterocycles. The summed E-state index contributed by atoms with van der Waals surface area (Å²) >= 11 is 1.07. The molecule has 0 aliphatic rings. The van der Waals surface area contributed by atoms with Crippen LogP contribution in [-0.2, 0) is 11.8 Å². The van der Waals surface area contributed by atoms with E-state index < -0.39 is 5.97 Å². The number of hydrogen-bond acceptors (Lipinski definition) is 7. The standard InChI is InChI=1S/C14H17N7O2S/c1-8(2)21-7-15-11-12(17-9-4-16-20(3)5-9)18-14(19-13(11)21)24-6-10(22)23/h4-5,7-8H,6H2,1-3H3,(H,22,23)(H,17,18,19). The van der Waals surface area contributed by atoms with Gasteiger partial charge in [0.2, 0.25) is 0 Å². The highest BCUT2D eigenvalue weighted by molar-refractivity contribution is 7.99. The van der Waals surface area contributed by atoms with Gasteiger partial charge in [-0.15, -0.1) is 0 Å². The summed E-state index contributed by atoms with van der Waals surface area (Å²) in [6.45, 7) is 4.06. The van der Waals surface area contributed by atoms with Gasteiger partial charge in [0.1, 0.15) is 0 Å². The van der Waals surface area contributed by atoms with Crippen LogP contribution in [0, 0.1) is 0 Å². The van der Waals surface area contributed by atoms with E-state index in [1.165, 1.54) is 0 Å². The molecule has 3 aromatic rings. The van der Waals surface area contributed by atoms with Gasteiger partial charge in [-0.05, 0) is 13.8 Å². The molecule has 0 fully saturated rings. The smallest absolute Gasteiger partial charge is 0.313 e. The number of aryl methyl sites for hydroxylation is 1. The van der Waals surface area contributed by atoms with Gasteiger partial charge in [0.05, 0.1) is 24.0 Å². The highest BCUT2D eigenvalue weighted by Gasteiger charge is 2.16. The molecule has 126 valence electrons. The third-order valence-electron chi connectivity index (χ3n) is 3.25. The van der Waals surface area contributed by atoms with Crippen molar-refractivity contribution < 1.29 is 9.90 Å². The number of nitrogens with one attached hydrogen (secondary N) is 1. The van der Waals surface area contributed by atoms with Crippen LogP contribution in [0.4, 0.5) is 11.5 Å². The lowest BCUT2D eigenvalue weighted by Crippen LogP contribution is -2.05. The Morgan fingerprint density at radius 2 is 2.21 bits per heavy atom. The van der Waals surface area contributed by atoms with Gasteiger partial charge in [0, 0.05) is 19.3 Å². The molecule has 3 rings (SSSR count). The first kappa shape index (κ1) is 16.2. The van der Waals surface area contributed by atoms with E-state index in [1.807, 2.05) is 31.7 Å². The summed E-state index contributed by atoms with van der Waals surface area (Å²) in [6, 6.07) is 0.175. The van der Waals surface area contributed by atoms with E-state index in [2.05, 4.69) is 25.4 Å². The third-order valence-corrected chi connectivity index (χ3v) is 4.08. The highest BCUT2D eigenvalue weighted by atomic mass is 32.2. The Kier molecular flexibility index (Phi) is 4.38. The van der Waals surface area contributed by atoms with Gasteiger partial charge >= 0.3 is 5.97 Å². The molecule has 0 amide bonds. The number of hydrogen-bond donors (Lipinski definition) is 2. The lowest BCUT2D eigenvalue weighted by Gasteiger charge is -2.10. The number of fused-ring (bicyclic) bond motifs is 1. The SMILES string of the molecule is CC(C)n1cnc2c(Nc3cnn(C)c3)nc(SCC(=O)O)nc21. The lowest BCUT2D eigenvalue weighted by atomic mass is 10.4. The zero-order valence-corrected chi connectivity index (χ0v) is 14.3. The summed E-state index contributed by atoms with van der Waals surface area (Å²) in [6.07, 6.45) is 5.21. The fraction of sp³-hybridized carbons (Fsp3) is 0.357. The molecule has 0 aliphatic carbocycles. The van der Waals surface area contributed by atoms with Gasteiger partial charge in [-0.3, -0.25) is 9.48 Å². The van der Waals surface area contributed by atoms with Gasteiger partial charge in [-0.25, -0.2) is 15.0 Å². The maximum Gasteiger partial charge on any atom is 0.313 e. The normalized spacial score (nSPS) is 11.3. The summed E-state index contributed by atoms with van der Waals surface area (Å²) in [4.78, 5) is 24.1. The number of thioether (sulfide) groups is 1. The van der Waals surface area contributed by atoms with E-state index in [0.29, 0.717) is 22.1 Å². The van der Waals surface area contributed by atoms with Crippen molar-refractivity contribution in [2.75, 3.05) is 11.1 Å². The van der Waals surface area contributed by atoms with E-state index in [1.54, 1.807) is 17.2 Å². The monoisotopic (exact) mass is 347 g/mol. The van der Waals surface area contributed by atoms with Crippen LogP contribution in [0.1, 0.15) is 19.9 Å². The van der Waals surface area contributed by atoms with Crippen molar-refractivity contribution in [2.24, 2.45) is 7.05 Å². The number of aromatic nitrogens is 6. The van der Waals surface area contributed by atoms with Crippen molar-refractivity contribution in [3.8, 4) is 0 Å².